The molecule has 2 aromatic rings. The van der Waals surface area contributed by atoms with Gasteiger partial charge in [-0.25, -0.2) is 0 Å². The maximum absolute atomic E-state index is 13.0. The zero-order chi connectivity index (χ0) is 19.5. The van der Waals surface area contributed by atoms with Gasteiger partial charge in [0.15, 0.2) is 0 Å². The number of hydrogen-bond donors (Lipinski definition) is 2. The molecule has 8 heteroatoms. The third-order valence-electron chi connectivity index (χ3n) is 3.50. The molecule has 0 spiro atoms. The summed E-state index contributed by atoms with van der Waals surface area (Å²) >= 11 is 0. The zero-order valence-corrected chi connectivity index (χ0v) is 14.4. The van der Waals surface area contributed by atoms with Gasteiger partial charge < -0.3 is 15.5 Å². The van der Waals surface area contributed by atoms with Crippen LogP contribution in [-0.4, -0.2) is 25.9 Å². The van der Waals surface area contributed by atoms with E-state index in [1.165, 1.54) is 25.1 Å². The molecule has 0 saturated heterocycles. The molecule has 2 aromatic carbocycles. The van der Waals surface area contributed by atoms with Gasteiger partial charge in [-0.1, -0.05) is 6.07 Å². The standard InChI is InChI=1S/C18H18F3N3O2/c1-11(25)22-14-6-4-5-12(9-14)17(26)23-15-10-13(18(19,20)21)7-8-16(15)24(2)3/h4-10H,1-3H3,(H,22,25)(H,23,26). The van der Waals surface area contributed by atoms with Gasteiger partial charge in [0.2, 0.25) is 5.91 Å². The number of hydrogen-bond acceptors (Lipinski definition) is 3. The molecule has 0 saturated carbocycles. The topological polar surface area (TPSA) is 61.4 Å². The Labute approximate surface area is 148 Å². The second kappa shape index (κ2) is 7.47. The lowest BCUT2D eigenvalue weighted by molar-refractivity contribution is -0.137. The summed E-state index contributed by atoms with van der Waals surface area (Å²) < 4.78 is 38.9. The van der Waals surface area contributed by atoms with E-state index in [9.17, 15) is 22.8 Å². The van der Waals surface area contributed by atoms with E-state index >= 15 is 0 Å². The van der Waals surface area contributed by atoms with Gasteiger partial charge in [-0.3, -0.25) is 9.59 Å². The van der Waals surface area contributed by atoms with Crippen molar-refractivity contribution in [2.75, 3.05) is 29.6 Å². The summed E-state index contributed by atoms with van der Waals surface area (Å²) in [6, 6.07) is 9.27. The van der Waals surface area contributed by atoms with E-state index in [4.69, 9.17) is 0 Å². The molecule has 2 amide bonds. The van der Waals surface area contributed by atoms with Crippen LogP contribution in [0.3, 0.4) is 0 Å². The second-order valence-electron chi connectivity index (χ2n) is 5.84. The van der Waals surface area contributed by atoms with Crippen molar-refractivity contribution in [1.82, 2.24) is 0 Å². The highest BCUT2D eigenvalue weighted by Crippen LogP contribution is 2.35. The van der Waals surface area contributed by atoms with Crippen LogP contribution in [0.15, 0.2) is 42.5 Å². The first-order chi connectivity index (χ1) is 12.1. The highest BCUT2D eigenvalue weighted by atomic mass is 19.4. The van der Waals surface area contributed by atoms with Crippen LogP contribution in [0.4, 0.5) is 30.2 Å². The fourth-order valence-corrected chi connectivity index (χ4v) is 2.34. The molecule has 0 fully saturated rings. The summed E-state index contributed by atoms with van der Waals surface area (Å²) in [5.74, 6) is -0.880. The van der Waals surface area contributed by atoms with Crippen molar-refractivity contribution in [3.8, 4) is 0 Å². The van der Waals surface area contributed by atoms with Crippen LogP contribution in [0, 0.1) is 0 Å². The van der Waals surface area contributed by atoms with Crippen LogP contribution < -0.4 is 15.5 Å². The number of carbonyl (C=O) groups excluding carboxylic acids is 2. The Morgan fingerprint density at radius 3 is 2.27 bits per heavy atom. The monoisotopic (exact) mass is 365 g/mol. The zero-order valence-electron chi connectivity index (χ0n) is 14.4. The molecular formula is C18H18F3N3O2. The summed E-state index contributed by atoms with van der Waals surface area (Å²) in [5, 5.41) is 5.05. The summed E-state index contributed by atoms with van der Waals surface area (Å²) in [7, 11) is 3.32. The smallest absolute Gasteiger partial charge is 0.376 e. The third kappa shape index (κ3) is 4.75. The molecule has 2 N–H and O–H groups in total. The summed E-state index contributed by atoms with van der Waals surface area (Å²) in [6.07, 6.45) is -4.52. The maximum Gasteiger partial charge on any atom is 0.416 e. The molecule has 0 aliphatic heterocycles. The highest BCUT2D eigenvalue weighted by molar-refractivity contribution is 6.06. The summed E-state index contributed by atoms with van der Waals surface area (Å²) in [5.41, 5.74) is 0.245. The number of halogens is 3. The predicted octanol–water partition coefficient (Wildman–Crippen LogP) is 3.98. The molecule has 5 nitrogen and oxygen atoms in total. The first kappa shape index (κ1) is 19.3. The van der Waals surface area contributed by atoms with Crippen molar-refractivity contribution in [3.05, 3.63) is 53.6 Å². The Balaban J connectivity index is 2.34. The molecule has 2 rings (SSSR count). The van der Waals surface area contributed by atoms with Crippen molar-refractivity contribution in [2.24, 2.45) is 0 Å². The van der Waals surface area contributed by atoms with E-state index in [-0.39, 0.29) is 17.2 Å². The van der Waals surface area contributed by atoms with E-state index in [0.717, 1.165) is 12.1 Å². The maximum atomic E-state index is 13.0. The SMILES string of the molecule is CC(=O)Nc1cccc(C(=O)Nc2cc(C(F)(F)F)ccc2N(C)C)c1. The van der Waals surface area contributed by atoms with E-state index in [1.807, 2.05) is 0 Å². The Morgan fingerprint density at radius 1 is 1.00 bits per heavy atom. The number of benzene rings is 2. The third-order valence-corrected chi connectivity index (χ3v) is 3.50. The quantitative estimate of drug-likeness (QED) is 0.862. The molecule has 26 heavy (non-hydrogen) atoms. The normalized spacial score (nSPS) is 11.0. The van der Waals surface area contributed by atoms with E-state index in [2.05, 4.69) is 10.6 Å². The molecule has 0 atom stereocenters. The average Bonchev–Trinajstić information content (AvgIpc) is 2.53. The van der Waals surface area contributed by atoms with Crippen molar-refractivity contribution < 1.29 is 22.8 Å². The Kier molecular flexibility index (Phi) is 5.54. The second-order valence-corrected chi connectivity index (χ2v) is 5.84. The van der Waals surface area contributed by atoms with Gasteiger partial charge in [-0.15, -0.1) is 0 Å². The van der Waals surface area contributed by atoms with Crippen LogP contribution >= 0.6 is 0 Å². The lowest BCUT2D eigenvalue weighted by atomic mass is 10.1. The lowest BCUT2D eigenvalue weighted by Crippen LogP contribution is -2.18. The number of anilines is 3. The number of alkyl halides is 3. The summed E-state index contributed by atoms with van der Waals surface area (Å²) in [6.45, 7) is 1.33. The van der Waals surface area contributed by atoms with E-state index < -0.39 is 17.6 Å². The predicted molar refractivity (Wildman–Crippen MR) is 94.5 cm³/mol. The molecule has 0 heterocycles. The van der Waals surface area contributed by atoms with Gasteiger partial charge in [0.1, 0.15) is 0 Å². The average molecular weight is 365 g/mol. The van der Waals surface area contributed by atoms with E-state index in [1.54, 1.807) is 31.1 Å². The van der Waals surface area contributed by atoms with E-state index in [0.29, 0.717) is 11.4 Å². The molecule has 0 bridgehead atoms. The Morgan fingerprint density at radius 2 is 1.69 bits per heavy atom. The molecule has 0 aromatic heterocycles. The molecule has 138 valence electrons. The molecule has 0 unspecified atom stereocenters. The summed E-state index contributed by atoms with van der Waals surface area (Å²) in [4.78, 5) is 25.2. The highest BCUT2D eigenvalue weighted by Gasteiger charge is 2.31. The fraction of sp³-hybridized carbons (Fsp3) is 0.222. The number of nitrogens with zero attached hydrogens (tertiary/aromatic N) is 1. The van der Waals surface area contributed by atoms with Crippen LogP contribution in [0.1, 0.15) is 22.8 Å². The Bertz CT molecular complexity index is 833. The largest absolute Gasteiger partial charge is 0.416 e. The van der Waals surface area contributed by atoms with Gasteiger partial charge >= 0.3 is 6.18 Å². The van der Waals surface area contributed by atoms with Crippen molar-refractivity contribution >= 4 is 28.9 Å². The van der Waals surface area contributed by atoms with Gasteiger partial charge in [0, 0.05) is 32.3 Å². The van der Waals surface area contributed by atoms with Crippen molar-refractivity contribution in [1.29, 1.82) is 0 Å². The first-order valence-electron chi connectivity index (χ1n) is 7.65. The minimum Gasteiger partial charge on any atom is -0.376 e. The molecule has 0 radical (unpaired) electrons. The minimum absolute atomic E-state index is 0.0414. The van der Waals surface area contributed by atoms with Crippen LogP contribution in [-0.2, 0) is 11.0 Å². The molecule has 0 aliphatic carbocycles. The number of amides is 2. The van der Waals surface area contributed by atoms with Crippen molar-refractivity contribution in [3.63, 3.8) is 0 Å². The molecule has 0 aliphatic rings. The fourth-order valence-electron chi connectivity index (χ4n) is 2.34. The number of carbonyl (C=O) groups is 2. The van der Waals surface area contributed by atoms with Gasteiger partial charge in [0.25, 0.3) is 5.91 Å². The minimum atomic E-state index is -4.52. The molecular weight excluding hydrogens is 347 g/mol. The number of nitrogens with one attached hydrogen (secondary N) is 2. The van der Waals surface area contributed by atoms with Gasteiger partial charge in [-0.05, 0) is 36.4 Å². The van der Waals surface area contributed by atoms with Crippen LogP contribution in [0.25, 0.3) is 0 Å². The van der Waals surface area contributed by atoms with Crippen LogP contribution in [0.2, 0.25) is 0 Å². The lowest BCUT2D eigenvalue weighted by Gasteiger charge is -2.20. The number of rotatable bonds is 4. The van der Waals surface area contributed by atoms with Crippen molar-refractivity contribution in [2.45, 2.75) is 13.1 Å². The van der Waals surface area contributed by atoms with Gasteiger partial charge in [0.05, 0.1) is 16.9 Å². The van der Waals surface area contributed by atoms with Gasteiger partial charge in [-0.2, -0.15) is 13.2 Å². The Hall–Kier alpha value is -3.03. The van der Waals surface area contributed by atoms with Crippen LogP contribution in [0.5, 0.6) is 0 Å². The first-order valence-corrected chi connectivity index (χ1v) is 7.65.